The van der Waals surface area contributed by atoms with Crippen LogP contribution >= 0.6 is 9.79 Å². The number of hydrogen-bond donors (Lipinski definition) is 0. The number of nitrogens with zero attached hydrogens (tertiary/aromatic N) is 8. The van der Waals surface area contributed by atoms with Gasteiger partial charge in [-0.1, -0.05) is 0 Å². The van der Waals surface area contributed by atoms with E-state index in [0.29, 0.717) is 12.8 Å². The first-order chi connectivity index (χ1) is 31.1. The molecule has 346 valence electrons. The number of carbonyl (C=O) groups is 12. The summed E-state index contributed by atoms with van der Waals surface area (Å²) in [4.78, 5) is 162. The molecular formula is C42H55N8O12PW. The molecule has 0 aromatic carbocycles. The molecule has 5 aliphatic rings. The van der Waals surface area contributed by atoms with Crippen molar-refractivity contribution in [1.82, 2.24) is 39.2 Å². The fourth-order valence-corrected chi connectivity index (χ4v) is 7.62. The van der Waals surface area contributed by atoms with Crippen molar-refractivity contribution in [2.75, 3.05) is 78.5 Å². The minimum atomic E-state index is -0.461. The van der Waals surface area contributed by atoms with E-state index in [2.05, 4.69) is 0 Å². The van der Waals surface area contributed by atoms with Gasteiger partial charge in [0, 0.05) is 174 Å². The first kappa shape index (κ1) is 49.5. The van der Waals surface area contributed by atoms with Crippen LogP contribution in [0.15, 0.2) is 48.6 Å². The molecule has 5 heterocycles. The van der Waals surface area contributed by atoms with Gasteiger partial charge in [-0.15, -0.1) is 0 Å². The quantitative estimate of drug-likeness (QED) is 0.134. The molecular weight excluding hydrogens is 1020 g/mol. The molecule has 0 unspecified atom stereocenters. The molecule has 5 aliphatic heterocycles. The van der Waals surface area contributed by atoms with E-state index in [-0.39, 0.29) is 175 Å². The number of rotatable bonds is 16. The summed E-state index contributed by atoms with van der Waals surface area (Å²) in [6, 6.07) is 0. The van der Waals surface area contributed by atoms with Crippen LogP contribution in [-0.2, 0) is 78.6 Å². The van der Waals surface area contributed by atoms with E-state index in [1.165, 1.54) is 48.6 Å². The van der Waals surface area contributed by atoms with Gasteiger partial charge in [-0.3, -0.25) is 77.1 Å². The van der Waals surface area contributed by atoms with E-state index in [9.17, 15) is 57.5 Å². The summed E-state index contributed by atoms with van der Waals surface area (Å²) >= 11 is 0. The molecule has 64 heavy (non-hydrogen) atoms. The summed E-state index contributed by atoms with van der Waals surface area (Å²) in [7, 11) is -0.417. The molecule has 0 bridgehead atoms. The van der Waals surface area contributed by atoms with E-state index >= 15 is 0 Å². The SMILES string of the molecule is O=C(CCCN1C(=O)C=CC1=O)N1CCCN(C(=O)CCCN2C(=O)C=CC2=O)CCN(C(=O)CCCN2C(=O)C=CC2=O)CCCN(C(=O)CCCN2C(=O)C=CC2=O)CC1.[3H]P[3H].[W]. The van der Waals surface area contributed by atoms with Crippen LogP contribution in [0.2, 0.25) is 0 Å². The normalized spacial score (nSPS) is 18.8. The zero-order valence-electron chi connectivity index (χ0n) is 37.6. The molecule has 20 nitrogen and oxygen atoms in total. The molecule has 0 aromatic rings. The van der Waals surface area contributed by atoms with Crippen LogP contribution in [0, 0.1) is 0 Å². The van der Waals surface area contributed by atoms with Crippen LogP contribution < -0.4 is 0 Å². The Bertz CT molecular complexity index is 1670. The van der Waals surface area contributed by atoms with Crippen molar-refractivity contribution in [3.05, 3.63) is 48.6 Å². The second kappa shape index (κ2) is 25.7. The Balaban J connectivity index is 0.00000281. The van der Waals surface area contributed by atoms with Gasteiger partial charge in [-0.25, -0.2) is 0 Å². The predicted octanol–water partition coefficient (Wildman–Crippen LogP) is -1.03. The zero-order valence-corrected chi connectivity index (χ0v) is 39.5. The Morgan fingerprint density at radius 2 is 0.547 bits per heavy atom. The van der Waals surface area contributed by atoms with Crippen molar-refractivity contribution in [3.63, 3.8) is 0 Å². The maximum Gasteiger partial charge on any atom is 0.253 e. The van der Waals surface area contributed by atoms with E-state index in [4.69, 9.17) is 2.56 Å². The Labute approximate surface area is 391 Å². The number of hydrogen-bond acceptors (Lipinski definition) is 12. The zero-order chi connectivity index (χ0) is 47.5. The van der Waals surface area contributed by atoms with Crippen LogP contribution in [0.4, 0.5) is 0 Å². The second-order valence-electron chi connectivity index (χ2n) is 15.3. The summed E-state index contributed by atoms with van der Waals surface area (Å²) in [5, 5.41) is 0. The van der Waals surface area contributed by atoms with Gasteiger partial charge in [0.2, 0.25) is 23.6 Å². The maximum absolute atomic E-state index is 13.7. The fourth-order valence-electron chi connectivity index (χ4n) is 7.62. The van der Waals surface area contributed by atoms with Gasteiger partial charge in [0.1, 0.15) is 0 Å². The Morgan fingerprint density at radius 3 is 0.719 bits per heavy atom. The van der Waals surface area contributed by atoms with Gasteiger partial charge in [-0.05, 0) is 38.5 Å². The third kappa shape index (κ3) is 14.8. The minimum Gasteiger partial charge on any atom is -0.341 e. The van der Waals surface area contributed by atoms with Crippen LogP contribution in [0.3, 0.4) is 0 Å². The van der Waals surface area contributed by atoms with Crippen molar-refractivity contribution >= 4 is 80.7 Å². The van der Waals surface area contributed by atoms with Gasteiger partial charge in [0.25, 0.3) is 47.3 Å². The molecule has 0 aliphatic carbocycles. The van der Waals surface area contributed by atoms with E-state index in [1.54, 1.807) is 19.6 Å². The standard InChI is InChI=1S/C42H52N8O12.H3P.W/c51-31(7-1-23-47-35(55)11-12-36(47)56)43-19-5-20-45(33(53)9-3-25-49-39(59)15-16-40(49)60)29-30-46(34(54)10-4-26-50-41(61)17-18-42(50)62)22-6-21-44(28-27-43)32(52)8-2-24-48-37(57)13-14-38(48)58;;/h11-18H,1-10,19-30H2;1H3;/i;1T2;. The van der Waals surface area contributed by atoms with Gasteiger partial charge >= 0.3 is 0 Å². The van der Waals surface area contributed by atoms with Gasteiger partial charge < -0.3 is 19.6 Å². The first-order valence-electron chi connectivity index (χ1n) is 22.0. The molecule has 0 spiro atoms. The molecule has 0 radical (unpaired) electrons. The summed E-state index contributed by atoms with van der Waals surface area (Å²) in [6.45, 7) is 1.28. The monoisotopic (exact) mass is 1080 g/mol. The van der Waals surface area contributed by atoms with Gasteiger partial charge in [-0.2, -0.15) is 9.79 Å². The van der Waals surface area contributed by atoms with Crippen molar-refractivity contribution in [2.45, 2.75) is 64.2 Å². The Kier molecular flexibility index (Phi) is 19.9. The Morgan fingerprint density at radius 1 is 0.375 bits per heavy atom. The minimum absolute atomic E-state index is 0. The van der Waals surface area contributed by atoms with E-state index in [0.717, 1.165) is 19.6 Å². The summed E-state index contributed by atoms with van der Waals surface area (Å²) in [6.07, 6.45) is 10.7. The molecule has 0 atom stereocenters. The number of amides is 12. The molecule has 22 heteroatoms. The van der Waals surface area contributed by atoms with Crippen LogP contribution in [0.5, 0.6) is 0 Å². The fraction of sp³-hybridized carbons (Fsp3) is 0.524. The van der Waals surface area contributed by atoms with Crippen LogP contribution in [0.25, 0.3) is 0 Å². The molecule has 1 fully saturated rings. The average Bonchev–Trinajstić information content (AvgIpc) is 3.99. The van der Waals surface area contributed by atoms with Crippen molar-refractivity contribution < 1.29 is 78.6 Å². The first-order valence-corrected chi connectivity index (χ1v) is 21.0. The molecule has 0 aromatic heterocycles. The largest absolute Gasteiger partial charge is 0.341 e. The molecule has 0 N–H and O–H groups in total. The summed E-state index contributed by atoms with van der Waals surface area (Å²) in [5.41, 5.74) is 0. The van der Waals surface area contributed by atoms with Crippen molar-refractivity contribution in [3.8, 4) is 0 Å². The van der Waals surface area contributed by atoms with Gasteiger partial charge in [0.05, 0.1) is 2.56 Å². The molecule has 1 saturated heterocycles. The molecule has 12 amide bonds. The van der Waals surface area contributed by atoms with E-state index < -0.39 is 57.0 Å². The average molecular weight is 1080 g/mol. The maximum atomic E-state index is 13.7. The smallest absolute Gasteiger partial charge is 0.253 e. The topological polar surface area (TPSA) is 231 Å². The third-order valence-corrected chi connectivity index (χ3v) is 11.1. The second-order valence-corrected chi connectivity index (χ2v) is 15.3. The predicted molar refractivity (Wildman–Crippen MR) is 227 cm³/mol. The third-order valence-electron chi connectivity index (χ3n) is 11.1. The molecule has 5 rings (SSSR count). The van der Waals surface area contributed by atoms with Crippen molar-refractivity contribution in [2.24, 2.45) is 0 Å². The summed E-state index contributed by atoms with van der Waals surface area (Å²) < 4.78 is 11.8. The Hall–Kier alpha value is -5.48. The van der Waals surface area contributed by atoms with Crippen molar-refractivity contribution in [1.29, 1.82) is 2.56 Å². The van der Waals surface area contributed by atoms with Crippen LogP contribution in [0.1, 0.15) is 64.2 Å². The van der Waals surface area contributed by atoms with E-state index in [1.807, 2.05) is 0 Å². The van der Waals surface area contributed by atoms with Crippen LogP contribution in [-0.4, -0.2) is 191 Å². The number of carbonyl (C=O) groups excluding carboxylic acids is 12. The van der Waals surface area contributed by atoms with Gasteiger partial charge in [0.15, 0.2) is 0 Å². The molecule has 0 saturated carbocycles. The number of imide groups is 4. The summed E-state index contributed by atoms with van der Waals surface area (Å²) in [5.74, 6) is -4.83.